The summed E-state index contributed by atoms with van der Waals surface area (Å²) in [5, 5.41) is 8.47. The first-order valence-electron chi connectivity index (χ1n) is 10.4. The van der Waals surface area contributed by atoms with Gasteiger partial charge in [-0.1, -0.05) is 0 Å². The van der Waals surface area contributed by atoms with Crippen LogP contribution in [0.5, 0.6) is 0 Å². The first-order chi connectivity index (χ1) is 13.1. The molecule has 4 aliphatic carbocycles. The molecule has 2 N–H and O–H groups in total. The number of nitrogens with zero attached hydrogens (tertiary/aromatic N) is 2. The topological polar surface area (TPSA) is 74.3 Å². The van der Waals surface area contributed by atoms with Crippen LogP contribution in [-0.2, 0) is 11.2 Å². The Morgan fingerprint density at radius 1 is 1.26 bits per heavy atom. The molecule has 146 valence electrons. The molecule has 1 saturated heterocycles. The van der Waals surface area contributed by atoms with E-state index in [1.807, 2.05) is 5.38 Å². The summed E-state index contributed by atoms with van der Waals surface area (Å²) in [6, 6.07) is -0.101. The molecule has 0 atom stereocenters. The number of urea groups is 1. The monoisotopic (exact) mass is 388 g/mol. The summed E-state index contributed by atoms with van der Waals surface area (Å²) in [6.45, 7) is 2.08. The van der Waals surface area contributed by atoms with Gasteiger partial charge in [0.05, 0.1) is 12.1 Å². The van der Waals surface area contributed by atoms with E-state index in [0.717, 1.165) is 36.4 Å². The molecule has 0 spiro atoms. The second kappa shape index (κ2) is 6.76. The number of anilines is 1. The average molecular weight is 389 g/mol. The second-order valence-corrected chi connectivity index (χ2v) is 10.0. The summed E-state index contributed by atoms with van der Waals surface area (Å²) in [7, 11) is 0. The number of carbonyl (C=O) groups is 2. The van der Waals surface area contributed by atoms with Crippen LogP contribution in [0.25, 0.3) is 0 Å². The molecule has 4 saturated carbocycles. The maximum atomic E-state index is 12.4. The van der Waals surface area contributed by atoms with Gasteiger partial charge < -0.3 is 10.6 Å². The van der Waals surface area contributed by atoms with E-state index >= 15 is 0 Å². The summed E-state index contributed by atoms with van der Waals surface area (Å²) in [5.74, 6) is 2.93. The quantitative estimate of drug-likeness (QED) is 0.787. The number of hydrogen-bond donors (Lipinski definition) is 2. The summed E-state index contributed by atoms with van der Waals surface area (Å²) >= 11 is 1.43. The molecule has 0 radical (unpaired) electrons. The molecule has 0 aromatic carbocycles. The molecule has 0 unspecified atom stereocenters. The Hall–Kier alpha value is -1.63. The Balaban J connectivity index is 1.11. The molecular formula is C20H28N4O2S. The fourth-order valence-corrected chi connectivity index (χ4v) is 7.29. The third-order valence-electron chi connectivity index (χ3n) is 7.11. The lowest BCUT2D eigenvalue weighted by molar-refractivity contribution is -0.120. The third-order valence-corrected chi connectivity index (χ3v) is 8.02. The van der Waals surface area contributed by atoms with Crippen LogP contribution in [0.3, 0.4) is 0 Å². The molecule has 5 fully saturated rings. The van der Waals surface area contributed by atoms with Gasteiger partial charge in [-0.15, -0.1) is 11.3 Å². The van der Waals surface area contributed by atoms with Crippen LogP contribution in [0.15, 0.2) is 5.38 Å². The Kier molecular flexibility index (Phi) is 4.37. The molecule has 6 rings (SSSR count). The molecule has 3 amide bonds. The van der Waals surface area contributed by atoms with Crippen molar-refractivity contribution in [1.82, 2.24) is 15.6 Å². The number of carbonyl (C=O) groups excluding carboxylic acids is 2. The van der Waals surface area contributed by atoms with Gasteiger partial charge >= 0.3 is 6.03 Å². The van der Waals surface area contributed by atoms with Gasteiger partial charge in [0, 0.05) is 25.0 Å². The molecule has 4 bridgehead atoms. The van der Waals surface area contributed by atoms with E-state index in [1.54, 1.807) is 4.90 Å². The largest absolute Gasteiger partial charge is 0.356 e. The summed E-state index contributed by atoms with van der Waals surface area (Å²) < 4.78 is 0. The van der Waals surface area contributed by atoms with Crippen molar-refractivity contribution in [3.63, 3.8) is 0 Å². The van der Waals surface area contributed by atoms with Crippen molar-refractivity contribution in [3.8, 4) is 0 Å². The Morgan fingerprint density at radius 2 is 1.96 bits per heavy atom. The van der Waals surface area contributed by atoms with E-state index < -0.39 is 0 Å². The third kappa shape index (κ3) is 3.46. The van der Waals surface area contributed by atoms with Crippen LogP contribution in [0.2, 0.25) is 0 Å². The molecule has 1 aromatic rings. The highest BCUT2D eigenvalue weighted by Crippen LogP contribution is 2.61. The van der Waals surface area contributed by atoms with E-state index in [4.69, 9.17) is 0 Å². The lowest BCUT2D eigenvalue weighted by Gasteiger charge is -2.57. The highest BCUT2D eigenvalue weighted by atomic mass is 32.1. The van der Waals surface area contributed by atoms with Crippen LogP contribution >= 0.6 is 11.3 Å². The Bertz CT molecular complexity index is 711. The lowest BCUT2D eigenvalue weighted by Crippen LogP contribution is -2.47. The van der Waals surface area contributed by atoms with Crippen molar-refractivity contribution in [2.45, 2.75) is 51.4 Å². The summed E-state index contributed by atoms with van der Waals surface area (Å²) in [4.78, 5) is 30.2. The van der Waals surface area contributed by atoms with Gasteiger partial charge in [-0.3, -0.25) is 9.69 Å². The first kappa shape index (κ1) is 17.5. The van der Waals surface area contributed by atoms with Crippen LogP contribution < -0.4 is 15.5 Å². The number of nitrogens with one attached hydrogen (secondary N) is 2. The maximum Gasteiger partial charge on any atom is 0.323 e. The zero-order valence-electron chi connectivity index (χ0n) is 15.7. The van der Waals surface area contributed by atoms with Crippen molar-refractivity contribution in [2.24, 2.45) is 23.2 Å². The minimum Gasteiger partial charge on any atom is -0.356 e. The van der Waals surface area contributed by atoms with Crippen LogP contribution in [0.4, 0.5) is 9.93 Å². The van der Waals surface area contributed by atoms with Crippen molar-refractivity contribution >= 4 is 28.4 Å². The van der Waals surface area contributed by atoms with Gasteiger partial charge in [0.2, 0.25) is 5.91 Å². The second-order valence-electron chi connectivity index (χ2n) is 9.20. The average Bonchev–Trinajstić information content (AvgIpc) is 3.22. The fraction of sp³-hybridized carbons (Fsp3) is 0.750. The zero-order valence-corrected chi connectivity index (χ0v) is 16.5. The summed E-state index contributed by atoms with van der Waals surface area (Å²) in [5.41, 5.74) is 1.26. The standard InChI is InChI=1S/C20H28N4O2S/c25-17(8-16-12-27-19(23-16)24-4-3-22-18(24)26)21-2-1-20-9-13-5-14(10-20)7-15(6-13)11-20/h12-15H,1-11H2,(H,21,25)(H,22,26). The van der Waals surface area contributed by atoms with Crippen molar-refractivity contribution < 1.29 is 9.59 Å². The van der Waals surface area contributed by atoms with Gasteiger partial charge in [-0.25, -0.2) is 9.78 Å². The highest BCUT2D eigenvalue weighted by molar-refractivity contribution is 7.14. The minimum atomic E-state index is -0.101. The predicted molar refractivity (Wildman–Crippen MR) is 105 cm³/mol. The molecule has 2 heterocycles. The van der Waals surface area contributed by atoms with Crippen LogP contribution in [0, 0.1) is 23.2 Å². The number of thiazole rings is 1. The summed E-state index contributed by atoms with van der Waals surface area (Å²) in [6.07, 6.45) is 10.0. The fourth-order valence-electron chi connectivity index (χ4n) is 6.45. The van der Waals surface area contributed by atoms with E-state index in [0.29, 0.717) is 30.1 Å². The van der Waals surface area contributed by atoms with E-state index in [9.17, 15) is 9.59 Å². The van der Waals surface area contributed by atoms with Crippen molar-refractivity contribution in [1.29, 1.82) is 0 Å². The lowest BCUT2D eigenvalue weighted by atomic mass is 9.49. The van der Waals surface area contributed by atoms with Gasteiger partial charge in [-0.05, 0) is 68.1 Å². The number of aromatic nitrogens is 1. The smallest absolute Gasteiger partial charge is 0.323 e. The van der Waals surface area contributed by atoms with E-state index in [1.165, 1.54) is 49.9 Å². The first-order valence-corrected chi connectivity index (χ1v) is 11.2. The molecule has 1 aromatic heterocycles. The molecule has 27 heavy (non-hydrogen) atoms. The molecular weight excluding hydrogens is 360 g/mol. The molecule has 7 heteroatoms. The van der Waals surface area contributed by atoms with Gasteiger partial charge in [0.15, 0.2) is 5.13 Å². The van der Waals surface area contributed by atoms with Gasteiger partial charge in [0.25, 0.3) is 0 Å². The highest BCUT2D eigenvalue weighted by Gasteiger charge is 2.50. The van der Waals surface area contributed by atoms with Gasteiger partial charge in [-0.2, -0.15) is 0 Å². The molecule has 1 aliphatic heterocycles. The zero-order chi connectivity index (χ0) is 18.4. The SMILES string of the molecule is O=C(Cc1csc(N2CCNC2=O)n1)NCCC12CC3CC(CC(C3)C1)C2. The predicted octanol–water partition coefficient (Wildman–Crippen LogP) is 2.94. The molecule has 6 nitrogen and oxygen atoms in total. The van der Waals surface area contributed by atoms with E-state index in [-0.39, 0.29) is 11.9 Å². The minimum absolute atomic E-state index is 0.0439. The normalized spacial score (nSPS) is 34.1. The van der Waals surface area contributed by atoms with Crippen molar-refractivity contribution in [2.75, 3.05) is 24.5 Å². The van der Waals surface area contributed by atoms with Gasteiger partial charge in [0.1, 0.15) is 0 Å². The number of amides is 3. The van der Waals surface area contributed by atoms with E-state index in [2.05, 4.69) is 15.6 Å². The van der Waals surface area contributed by atoms with Crippen molar-refractivity contribution in [3.05, 3.63) is 11.1 Å². The number of rotatable bonds is 6. The Labute approximate surface area is 164 Å². The maximum absolute atomic E-state index is 12.4. The Morgan fingerprint density at radius 3 is 2.59 bits per heavy atom. The van der Waals surface area contributed by atoms with Crippen LogP contribution in [-0.4, -0.2) is 36.6 Å². The number of hydrogen-bond acceptors (Lipinski definition) is 4. The van der Waals surface area contributed by atoms with Crippen LogP contribution in [0.1, 0.15) is 50.6 Å². The molecule has 5 aliphatic rings.